The van der Waals surface area contributed by atoms with E-state index in [4.69, 9.17) is 9.47 Å². The average Bonchev–Trinajstić information content (AvgIpc) is 2.58. The summed E-state index contributed by atoms with van der Waals surface area (Å²) in [5.74, 6) is -0.482. The lowest BCUT2D eigenvalue weighted by Gasteiger charge is -2.28. The second kappa shape index (κ2) is 8.92. The van der Waals surface area contributed by atoms with E-state index in [-0.39, 0.29) is 23.5 Å². The van der Waals surface area contributed by atoms with Crippen molar-refractivity contribution in [1.29, 1.82) is 0 Å². The number of carbonyl (C=O) groups is 1. The van der Waals surface area contributed by atoms with E-state index in [1.807, 2.05) is 6.08 Å². The topological polar surface area (TPSA) is 35.5 Å². The molecule has 1 aliphatic heterocycles. The Morgan fingerprint density at radius 3 is 2.52 bits per heavy atom. The minimum Gasteiger partial charge on any atom is -0.487 e. The molecule has 2 aliphatic rings. The van der Waals surface area contributed by atoms with Gasteiger partial charge in [0.2, 0.25) is 6.93 Å². The SMILES string of the molecule is C=CC1CCC(Oc2ccc3c(c2F)C(=O)OC(C)C3)CC1.FCF. The first-order valence-electron chi connectivity index (χ1n) is 8.43. The molecule has 25 heavy (non-hydrogen) atoms. The summed E-state index contributed by atoms with van der Waals surface area (Å²) in [6.07, 6.45) is 6.11. The standard InChI is InChI=1S/C18H21FO3.CH2F2/c1-3-12-4-7-14(8-5-12)22-15-9-6-13-10-11(2)21-18(20)16(13)17(15)19;2-1-3/h3,6,9,11-12,14H,1,4-5,7-8,10H2,2H3;1H2. The number of esters is 1. The molecule has 3 nitrogen and oxygen atoms in total. The maximum absolute atomic E-state index is 14.6. The number of hydrogen-bond donors (Lipinski definition) is 0. The number of ether oxygens (including phenoxy) is 2. The van der Waals surface area contributed by atoms with Crippen LogP contribution in [0, 0.1) is 11.7 Å². The van der Waals surface area contributed by atoms with Crippen molar-refractivity contribution in [3.63, 3.8) is 0 Å². The van der Waals surface area contributed by atoms with Gasteiger partial charge in [0, 0.05) is 6.42 Å². The smallest absolute Gasteiger partial charge is 0.341 e. The van der Waals surface area contributed by atoms with Crippen molar-refractivity contribution in [3.8, 4) is 5.75 Å². The second-order valence-corrected chi connectivity index (χ2v) is 6.32. The zero-order valence-corrected chi connectivity index (χ0v) is 14.3. The Bertz CT molecular complexity index is 610. The largest absolute Gasteiger partial charge is 0.487 e. The van der Waals surface area contributed by atoms with E-state index in [0.717, 1.165) is 25.7 Å². The molecule has 3 rings (SSSR count). The third-order valence-corrected chi connectivity index (χ3v) is 4.56. The van der Waals surface area contributed by atoms with Gasteiger partial charge >= 0.3 is 5.97 Å². The number of carbonyl (C=O) groups excluding carboxylic acids is 1. The Hall–Kier alpha value is -1.98. The molecule has 0 saturated heterocycles. The van der Waals surface area contributed by atoms with Gasteiger partial charge < -0.3 is 9.47 Å². The third-order valence-electron chi connectivity index (χ3n) is 4.56. The molecule has 1 aromatic carbocycles. The second-order valence-electron chi connectivity index (χ2n) is 6.32. The average molecular weight is 356 g/mol. The summed E-state index contributed by atoms with van der Waals surface area (Å²) in [6, 6.07) is 3.42. The van der Waals surface area contributed by atoms with Crippen molar-refractivity contribution in [1.82, 2.24) is 0 Å². The Balaban J connectivity index is 0.000000701. The van der Waals surface area contributed by atoms with Gasteiger partial charge in [0.1, 0.15) is 11.7 Å². The monoisotopic (exact) mass is 356 g/mol. The highest BCUT2D eigenvalue weighted by Gasteiger charge is 2.30. The van der Waals surface area contributed by atoms with Gasteiger partial charge in [-0.1, -0.05) is 12.1 Å². The number of fused-ring (bicyclic) bond motifs is 1. The van der Waals surface area contributed by atoms with Crippen LogP contribution in [-0.4, -0.2) is 25.1 Å². The minimum absolute atomic E-state index is 0.00212. The van der Waals surface area contributed by atoms with Crippen LogP contribution in [0.3, 0.4) is 0 Å². The molecule has 0 amide bonds. The van der Waals surface area contributed by atoms with Gasteiger partial charge in [0.15, 0.2) is 11.6 Å². The van der Waals surface area contributed by atoms with E-state index in [9.17, 15) is 18.0 Å². The van der Waals surface area contributed by atoms with Crippen LogP contribution < -0.4 is 4.74 Å². The fourth-order valence-corrected chi connectivity index (χ4v) is 3.29. The molecule has 0 spiro atoms. The molecule has 1 aromatic rings. The van der Waals surface area contributed by atoms with Gasteiger partial charge in [-0.15, -0.1) is 6.58 Å². The molecule has 138 valence electrons. The Labute approximate surface area is 145 Å². The number of halogens is 3. The van der Waals surface area contributed by atoms with E-state index in [1.165, 1.54) is 0 Å². The Kier molecular flexibility index (Phi) is 6.91. The Morgan fingerprint density at radius 2 is 1.92 bits per heavy atom. The highest BCUT2D eigenvalue weighted by molar-refractivity contribution is 5.93. The van der Waals surface area contributed by atoms with Crippen LogP contribution in [0.15, 0.2) is 24.8 Å². The van der Waals surface area contributed by atoms with Gasteiger partial charge in [-0.25, -0.2) is 18.0 Å². The normalized spacial score (nSPS) is 25.1. The van der Waals surface area contributed by atoms with Crippen molar-refractivity contribution in [3.05, 3.63) is 41.7 Å². The zero-order chi connectivity index (χ0) is 18.4. The van der Waals surface area contributed by atoms with Crippen molar-refractivity contribution in [2.45, 2.75) is 51.2 Å². The predicted molar refractivity (Wildman–Crippen MR) is 88.6 cm³/mol. The maximum Gasteiger partial charge on any atom is 0.341 e. The van der Waals surface area contributed by atoms with Crippen LogP contribution in [-0.2, 0) is 11.2 Å². The van der Waals surface area contributed by atoms with E-state index in [2.05, 4.69) is 6.58 Å². The highest BCUT2D eigenvalue weighted by Crippen LogP contribution is 2.33. The number of hydrogen-bond acceptors (Lipinski definition) is 3. The number of rotatable bonds is 3. The molecule has 1 unspecified atom stereocenters. The summed E-state index contributed by atoms with van der Waals surface area (Å²) in [5, 5.41) is 0. The lowest BCUT2D eigenvalue weighted by atomic mass is 9.87. The third kappa shape index (κ3) is 4.77. The summed E-state index contributed by atoms with van der Waals surface area (Å²) < 4.78 is 44.8. The van der Waals surface area contributed by atoms with E-state index < -0.39 is 18.7 Å². The van der Waals surface area contributed by atoms with Crippen LogP contribution in [0.4, 0.5) is 13.2 Å². The number of benzene rings is 1. The number of allylic oxidation sites excluding steroid dienone is 1. The first-order chi connectivity index (χ1) is 12.0. The van der Waals surface area contributed by atoms with Crippen molar-refractivity contribution in [2.75, 3.05) is 6.93 Å². The van der Waals surface area contributed by atoms with Crippen LogP contribution >= 0.6 is 0 Å². The lowest BCUT2D eigenvalue weighted by molar-refractivity contribution is 0.0291. The molecule has 1 atom stereocenters. The molecule has 1 fully saturated rings. The summed E-state index contributed by atoms with van der Waals surface area (Å²) >= 11 is 0. The van der Waals surface area contributed by atoms with Gasteiger partial charge in [-0.05, 0) is 50.2 Å². The predicted octanol–water partition coefficient (Wildman–Crippen LogP) is 4.93. The van der Waals surface area contributed by atoms with Crippen LogP contribution in [0.25, 0.3) is 0 Å². The maximum atomic E-state index is 14.6. The van der Waals surface area contributed by atoms with E-state index >= 15 is 0 Å². The van der Waals surface area contributed by atoms with Crippen molar-refractivity contribution < 1.29 is 27.4 Å². The first kappa shape index (κ1) is 19.3. The zero-order valence-electron chi connectivity index (χ0n) is 14.3. The lowest BCUT2D eigenvalue weighted by Crippen LogP contribution is -2.27. The van der Waals surface area contributed by atoms with Gasteiger partial charge in [-0.3, -0.25) is 0 Å². The Morgan fingerprint density at radius 1 is 1.28 bits per heavy atom. The first-order valence-corrected chi connectivity index (χ1v) is 8.43. The summed E-state index contributed by atoms with van der Waals surface area (Å²) in [6.45, 7) is 3.87. The molecule has 6 heteroatoms. The molecule has 0 bridgehead atoms. The van der Waals surface area contributed by atoms with E-state index in [1.54, 1.807) is 19.1 Å². The van der Waals surface area contributed by atoms with Crippen molar-refractivity contribution >= 4 is 5.97 Å². The van der Waals surface area contributed by atoms with Crippen LogP contribution in [0.2, 0.25) is 0 Å². The van der Waals surface area contributed by atoms with Crippen LogP contribution in [0.1, 0.15) is 48.5 Å². The molecule has 1 saturated carbocycles. The molecule has 0 aromatic heterocycles. The minimum atomic E-state index is -1.75. The summed E-state index contributed by atoms with van der Waals surface area (Å²) in [4.78, 5) is 11.9. The summed E-state index contributed by atoms with van der Waals surface area (Å²) in [7, 11) is 0. The van der Waals surface area contributed by atoms with Crippen LogP contribution in [0.5, 0.6) is 5.75 Å². The number of alkyl halides is 2. The van der Waals surface area contributed by atoms with Gasteiger partial charge in [0.25, 0.3) is 0 Å². The molecular weight excluding hydrogens is 333 g/mol. The van der Waals surface area contributed by atoms with E-state index in [0.29, 0.717) is 17.9 Å². The van der Waals surface area contributed by atoms with Crippen molar-refractivity contribution in [2.24, 2.45) is 5.92 Å². The fraction of sp³-hybridized carbons (Fsp3) is 0.526. The van der Waals surface area contributed by atoms with Gasteiger partial charge in [-0.2, -0.15) is 0 Å². The molecular formula is C19H23F3O3. The molecule has 1 aliphatic carbocycles. The molecule has 1 heterocycles. The highest BCUT2D eigenvalue weighted by atomic mass is 19.3. The fourth-order valence-electron chi connectivity index (χ4n) is 3.29. The summed E-state index contributed by atoms with van der Waals surface area (Å²) in [5.41, 5.74) is 0.736. The van der Waals surface area contributed by atoms with Gasteiger partial charge in [0.05, 0.1) is 6.10 Å². The number of cyclic esters (lactones) is 1. The molecule has 0 radical (unpaired) electrons. The molecule has 0 N–H and O–H groups in total. The quantitative estimate of drug-likeness (QED) is 0.569.